The third kappa shape index (κ3) is 2.50. The second kappa shape index (κ2) is 5.42. The fourth-order valence-electron chi connectivity index (χ4n) is 2.70. The number of benzene rings is 1. The maximum Gasteiger partial charge on any atom is 0.225 e. The molecule has 0 radical (unpaired) electrons. The average Bonchev–Trinajstić information content (AvgIpc) is 2.38. The van der Waals surface area contributed by atoms with E-state index in [2.05, 4.69) is 13.0 Å². The van der Waals surface area contributed by atoms with Crippen LogP contribution in [0.2, 0.25) is 0 Å². The SMILES string of the molecule is CCCC(C)C(=O)N1CCc2c(N)cccc2C1. The van der Waals surface area contributed by atoms with Crippen molar-refractivity contribution in [2.24, 2.45) is 5.92 Å². The summed E-state index contributed by atoms with van der Waals surface area (Å²) in [5.74, 6) is 0.419. The minimum atomic E-state index is 0.137. The first kappa shape index (κ1) is 12.9. The number of carbonyl (C=O) groups is 1. The molecule has 0 bridgehead atoms. The number of hydrogen-bond donors (Lipinski definition) is 1. The molecule has 3 nitrogen and oxygen atoms in total. The summed E-state index contributed by atoms with van der Waals surface area (Å²) in [6.45, 7) is 5.66. The summed E-state index contributed by atoms with van der Waals surface area (Å²) < 4.78 is 0. The molecule has 1 aromatic carbocycles. The first-order valence-electron chi connectivity index (χ1n) is 6.78. The number of amides is 1. The van der Waals surface area contributed by atoms with Crippen molar-refractivity contribution >= 4 is 11.6 Å². The molecule has 1 amide bonds. The van der Waals surface area contributed by atoms with Crippen LogP contribution in [0.5, 0.6) is 0 Å². The van der Waals surface area contributed by atoms with E-state index in [1.54, 1.807) is 0 Å². The van der Waals surface area contributed by atoms with Crippen LogP contribution in [-0.4, -0.2) is 17.4 Å². The van der Waals surface area contributed by atoms with Crippen molar-refractivity contribution in [1.29, 1.82) is 0 Å². The van der Waals surface area contributed by atoms with Gasteiger partial charge in [-0.3, -0.25) is 4.79 Å². The molecular weight excluding hydrogens is 224 g/mol. The van der Waals surface area contributed by atoms with Crippen LogP contribution in [0, 0.1) is 5.92 Å². The van der Waals surface area contributed by atoms with Crippen molar-refractivity contribution < 1.29 is 4.79 Å². The number of carbonyl (C=O) groups excluding carboxylic acids is 1. The number of fused-ring (bicyclic) bond motifs is 1. The largest absolute Gasteiger partial charge is 0.398 e. The molecule has 0 fully saturated rings. The minimum absolute atomic E-state index is 0.137. The summed E-state index contributed by atoms with van der Waals surface area (Å²) in [5.41, 5.74) is 9.26. The maximum absolute atomic E-state index is 12.3. The van der Waals surface area contributed by atoms with Gasteiger partial charge in [0.1, 0.15) is 0 Å². The van der Waals surface area contributed by atoms with Gasteiger partial charge >= 0.3 is 0 Å². The second-order valence-electron chi connectivity index (χ2n) is 5.18. The van der Waals surface area contributed by atoms with Crippen molar-refractivity contribution in [3.8, 4) is 0 Å². The Morgan fingerprint density at radius 1 is 1.50 bits per heavy atom. The Kier molecular flexibility index (Phi) is 3.90. The molecule has 98 valence electrons. The van der Waals surface area contributed by atoms with Gasteiger partial charge in [0.2, 0.25) is 5.91 Å². The maximum atomic E-state index is 12.3. The molecule has 1 aromatic rings. The van der Waals surface area contributed by atoms with E-state index in [9.17, 15) is 4.79 Å². The number of nitrogens with two attached hydrogens (primary N) is 1. The van der Waals surface area contributed by atoms with Crippen molar-refractivity contribution in [3.05, 3.63) is 29.3 Å². The molecule has 3 heteroatoms. The monoisotopic (exact) mass is 246 g/mol. The summed E-state index contributed by atoms with van der Waals surface area (Å²) in [7, 11) is 0. The number of anilines is 1. The van der Waals surface area contributed by atoms with E-state index in [0.717, 1.165) is 31.5 Å². The molecule has 18 heavy (non-hydrogen) atoms. The van der Waals surface area contributed by atoms with Gasteiger partial charge in [0.25, 0.3) is 0 Å². The highest BCUT2D eigenvalue weighted by Gasteiger charge is 2.24. The lowest BCUT2D eigenvalue weighted by molar-refractivity contribution is -0.136. The summed E-state index contributed by atoms with van der Waals surface area (Å²) in [4.78, 5) is 14.3. The van der Waals surface area contributed by atoms with E-state index in [-0.39, 0.29) is 11.8 Å². The zero-order chi connectivity index (χ0) is 13.1. The summed E-state index contributed by atoms with van der Waals surface area (Å²) >= 11 is 0. The van der Waals surface area contributed by atoms with E-state index in [1.807, 2.05) is 24.0 Å². The van der Waals surface area contributed by atoms with E-state index >= 15 is 0 Å². The van der Waals surface area contributed by atoms with Gasteiger partial charge in [-0.15, -0.1) is 0 Å². The fourth-order valence-corrected chi connectivity index (χ4v) is 2.70. The van der Waals surface area contributed by atoms with Crippen LogP contribution in [-0.2, 0) is 17.8 Å². The zero-order valence-corrected chi connectivity index (χ0v) is 11.3. The number of nitrogens with zero attached hydrogens (tertiary/aromatic N) is 1. The molecule has 0 aromatic heterocycles. The molecule has 1 unspecified atom stereocenters. The first-order valence-corrected chi connectivity index (χ1v) is 6.78. The lowest BCUT2D eigenvalue weighted by atomic mass is 9.96. The smallest absolute Gasteiger partial charge is 0.225 e. The normalized spacial score (nSPS) is 16.2. The van der Waals surface area contributed by atoms with Gasteiger partial charge in [-0.1, -0.05) is 32.4 Å². The van der Waals surface area contributed by atoms with Gasteiger partial charge in [-0.2, -0.15) is 0 Å². The Balaban J connectivity index is 2.10. The molecule has 2 rings (SSSR count). The third-order valence-corrected chi connectivity index (χ3v) is 3.76. The standard InChI is InChI=1S/C15H22N2O/c1-3-5-11(2)15(18)17-9-8-13-12(10-17)6-4-7-14(13)16/h4,6-7,11H,3,5,8-10,16H2,1-2H3. The Morgan fingerprint density at radius 3 is 3.00 bits per heavy atom. The molecule has 1 heterocycles. The number of rotatable bonds is 3. The average molecular weight is 246 g/mol. The van der Waals surface area contributed by atoms with Gasteiger partial charge in [-0.25, -0.2) is 0 Å². The Morgan fingerprint density at radius 2 is 2.28 bits per heavy atom. The Labute approximate surface area is 109 Å². The topological polar surface area (TPSA) is 46.3 Å². The molecule has 0 aliphatic carbocycles. The second-order valence-corrected chi connectivity index (χ2v) is 5.18. The predicted molar refractivity (Wildman–Crippen MR) is 74.0 cm³/mol. The zero-order valence-electron chi connectivity index (χ0n) is 11.3. The fraction of sp³-hybridized carbons (Fsp3) is 0.533. The molecule has 0 spiro atoms. The lowest BCUT2D eigenvalue weighted by Crippen LogP contribution is -2.39. The number of nitrogen functional groups attached to an aromatic ring is 1. The van der Waals surface area contributed by atoms with Gasteiger partial charge in [0, 0.05) is 24.7 Å². The Hall–Kier alpha value is -1.51. The van der Waals surface area contributed by atoms with Crippen LogP contribution in [0.1, 0.15) is 37.8 Å². The van der Waals surface area contributed by atoms with Crippen LogP contribution in [0.25, 0.3) is 0 Å². The highest BCUT2D eigenvalue weighted by Crippen LogP contribution is 2.25. The molecule has 0 saturated heterocycles. The molecule has 1 aliphatic heterocycles. The van der Waals surface area contributed by atoms with Gasteiger partial charge in [0.15, 0.2) is 0 Å². The van der Waals surface area contributed by atoms with Crippen molar-refractivity contribution in [3.63, 3.8) is 0 Å². The molecule has 1 aliphatic rings. The highest BCUT2D eigenvalue weighted by atomic mass is 16.2. The molecule has 2 N–H and O–H groups in total. The van der Waals surface area contributed by atoms with Crippen LogP contribution < -0.4 is 5.73 Å². The van der Waals surface area contributed by atoms with Crippen LogP contribution in [0.4, 0.5) is 5.69 Å². The summed E-state index contributed by atoms with van der Waals surface area (Å²) in [6, 6.07) is 5.99. The Bertz CT molecular complexity index is 442. The minimum Gasteiger partial charge on any atom is -0.398 e. The lowest BCUT2D eigenvalue weighted by Gasteiger charge is -2.31. The van der Waals surface area contributed by atoms with Crippen molar-refractivity contribution in [1.82, 2.24) is 4.90 Å². The van der Waals surface area contributed by atoms with Gasteiger partial charge in [0.05, 0.1) is 0 Å². The van der Waals surface area contributed by atoms with Crippen molar-refractivity contribution in [2.75, 3.05) is 12.3 Å². The summed E-state index contributed by atoms with van der Waals surface area (Å²) in [5, 5.41) is 0. The van der Waals surface area contributed by atoms with Crippen LogP contribution >= 0.6 is 0 Å². The van der Waals surface area contributed by atoms with E-state index < -0.39 is 0 Å². The third-order valence-electron chi connectivity index (χ3n) is 3.76. The quantitative estimate of drug-likeness (QED) is 0.833. The highest BCUT2D eigenvalue weighted by molar-refractivity contribution is 5.79. The molecular formula is C15H22N2O. The van der Waals surface area contributed by atoms with Crippen molar-refractivity contribution in [2.45, 2.75) is 39.7 Å². The summed E-state index contributed by atoms with van der Waals surface area (Å²) in [6.07, 6.45) is 2.91. The van der Waals surface area contributed by atoms with Gasteiger partial charge < -0.3 is 10.6 Å². The van der Waals surface area contributed by atoms with E-state index in [4.69, 9.17) is 5.73 Å². The van der Waals surface area contributed by atoms with E-state index in [0.29, 0.717) is 6.54 Å². The molecule has 0 saturated carbocycles. The van der Waals surface area contributed by atoms with Crippen LogP contribution in [0.15, 0.2) is 18.2 Å². The van der Waals surface area contributed by atoms with E-state index in [1.165, 1.54) is 11.1 Å². The first-order chi connectivity index (χ1) is 8.63. The molecule has 1 atom stereocenters. The number of hydrogen-bond acceptors (Lipinski definition) is 2. The predicted octanol–water partition coefficient (Wildman–Crippen LogP) is 2.59. The van der Waals surface area contributed by atoms with Gasteiger partial charge in [-0.05, 0) is 30.0 Å². The van der Waals surface area contributed by atoms with Crippen LogP contribution in [0.3, 0.4) is 0 Å².